The van der Waals surface area contributed by atoms with Crippen LogP contribution in [0.1, 0.15) is 42.6 Å². The van der Waals surface area contributed by atoms with Crippen LogP contribution >= 0.6 is 0 Å². The number of benzene rings is 1. The van der Waals surface area contributed by atoms with Crippen LogP contribution in [0.5, 0.6) is 5.75 Å². The van der Waals surface area contributed by atoms with Gasteiger partial charge in [0.05, 0.1) is 35.6 Å². The topological polar surface area (TPSA) is 122 Å². The minimum absolute atomic E-state index is 0.138. The van der Waals surface area contributed by atoms with Crippen LogP contribution in [0.4, 0.5) is 4.79 Å². The SMILES string of the molecule is Cc1nc(-c2nnn(C)c2CN(C)C(=O)NCc2ccccc2)ccc1O[C@H]1CCC[C@H](C(=O)O)C1. The predicted molar refractivity (Wildman–Crippen MR) is 133 cm³/mol. The van der Waals surface area contributed by atoms with Crippen LogP contribution in [0.3, 0.4) is 0 Å². The molecule has 1 aliphatic rings. The molecule has 2 N–H and O–H groups in total. The number of urea groups is 1. The summed E-state index contributed by atoms with van der Waals surface area (Å²) in [6.45, 7) is 2.60. The zero-order chi connectivity index (χ0) is 25.7. The lowest BCUT2D eigenvalue weighted by molar-refractivity contribution is -0.143. The number of carboxylic acids is 1. The maximum absolute atomic E-state index is 12.7. The van der Waals surface area contributed by atoms with Gasteiger partial charge in [-0.2, -0.15) is 0 Å². The highest BCUT2D eigenvalue weighted by Gasteiger charge is 2.28. The molecule has 10 nitrogen and oxygen atoms in total. The number of rotatable bonds is 8. The Hall–Kier alpha value is -3.95. The zero-order valence-electron chi connectivity index (χ0n) is 20.8. The van der Waals surface area contributed by atoms with Crippen LogP contribution in [0.25, 0.3) is 11.4 Å². The quantitative estimate of drug-likeness (QED) is 0.493. The maximum atomic E-state index is 12.7. The van der Waals surface area contributed by atoms with Gasteiger partial charge in [0.1, 0.15) is 11.4 Å². The molecule has 0 radical (unpaired) electrons. The summed E-state index contributed by atoms with van der Waals surface area (Å²) in [6.07, 6.45) is 2.73. The number of pyridine rings is 1. The molecule has 0 unspecified atom stereocenters. The van der Waals surface area contributed by atoms with Gasteiger partial charge in [0.25, 0.3) is 0 Å². The maximum Gasteiger partial charge on any atom is 0.317 e. The van der Waals surface area contributed by atoms with Crippen molar-refractivity contribution >= 4 is 12.0 Å². The number of hydrogen-bond donors (Lipinski definition) is 2. The van der Waals surface area contributed by atoms with Gasteiger partial charge >= 0.3 is 12.0 Å². The van der Waals surface area contributed by atoms with E-state index in [9.17, 15) is 14.7 Å². The van der Waals surface area contributed by atoms with Crippen LogP contribution in [0.15, 0.2) is 42.5 Å². The molecule has 2 atom stereocenters. The lowest BCUT2D eigenvalue weighted by atomic mass is 9.87. The Bertz CT molecular complexity index is 1210. The van der Waals surface area contributed by atoms with E-state index in [-0.39, 0.29) is 18.1 Å². The summed E-state index contributed by atoms with van der Waals surface area (Å²) in [6, 6.07) is 13.2. The largest absolute Gasteiger partial charge is 0.489 e. The third kappa shape index (κ3) is 5.99. The van der Waals surface area contributed by atoms with Gasteiger partial charge in [0, 0.05) is 20.6 Å². The van der Waals surface area contributed by atoms with Gasteiger partial charge in [-0.1, -0.05) is 35.5 Å². The van der Waals surface area contributed by atoms with Crippen molar-refractivity contribution in [1.29, 1.82) is 0 Å². The smallest absolute Gasteiger partial charge is 0.317 e. The Morgan fingerprint density at radius 3 is 2.69 bits per heavy atom. The molecule has 190 valence electrons. The Balaban J connectivity index is 1.43. The first-order valence-electron chi connectivity index (χ1n) is 12.1. The molecule has 0 spiro atoms. The van der Waals surface area contributed by atoms with E-state index in [1.165, 1.54) is 0 Å². The minimum Gasteiger partial charge on any atom is -0.489 e. The molecular weight excluding hydrogens is 460 g/mol. The second kappa shape index (κ2) is 11.2. The lowest BCUT2D eigenvalue weighted by Gasteiger charge is -2.27. The predicted octanol–water partition coefficient (Wildman–Crippen LogP) is 3.55. The molecule has 0 saturated heterocycles. The molecule has 0 aliphatic heterocycles. The van der Waals surface area contributed by atoms with E-state index in [4.69, 9.17) is 4.74 Å². The fourth-order valence-corrected chi connectivity index (χ4v) is 4.42. The van der Waals surface area contributed by atoms with E-state index in [1.807, 2.05) is 49.4 Å². The average Bonchev–Trinajstić information content (AvgIpc) is 3.24. The summed E-state index contributed by atoms with van der Waals surface area (Å²) in [5.41, 5.74) is 3.70. The Labute approximate surface area is 210 Å². The van der Waals surface area contributed by atoms with Gasteiger partial charge < -0.3 is 20.1 Å². The van der Waals surface area contributed by atoms with E-state index < -0.39 is 5.97 Å². The number of amides is 2. The van der Waals surface area contributed by atoms with Crippen molar-refractivity contribution in [3.8, 4) is 17.1 Å². The van der Waals surface area contributed by atoms with Crippen molar-refractivity contribution in [2.24, 2.45) is 13.0 Å². The second-order valence-electron chi connectivity index (χ2n) is 9.23. The highest BCUT2D eigenvalue weighted by atomic mass is 16.5. The summed E-state index contributed by atoms with van der Waals surface area (Å²) in [4.78, 5) is 30.3. The number of ether oxygens (including phenoxy) is 1. The Kier molecular flexibility index (Phi) is 7.82. The van der Waals surface area contributed by atoms with E-state index >= 15 is 0 Å². The number of hydrogen-bond acceptors (Lipinski definition) is 6. The molecule has 36 heavy (non-hydrogen) atoms. The van der Waals surface area contributed by atoms with Gasteiger partial charge in [-0.05, 0) is 50.3 Å². The van der Waals surface area contributed by atoms with Crippen LogP contribution in [0, 0.1) is 12.8 Å². The fraction of sp³-hybridized carbons (Fsp3) is 0.423. The molecule has 2 amide bonds. The third-order valence-corrected chi connectivity index (χ3v) is 6.51. The van der Waals surface area contributed by atoms with Crippen LogP contribution in [0.2, 0.25) is 0 Å². The van der Waals surface area contributed by atoms with E-state index in [2.05, 4.69) is 20.6 Å². The van der Waals surface area contributed by atoms with Crippen LogP contribution < -0.4 is 10.1 Å². The van der Waals surface area contributed by atoms with Crippen molar-refractivity contribution < 1.29 is 19.4 Å². The minimum atomic E-state index is -0.762. The highest BCUT2D eigenvalue weighted by molar-refractivity contribution is 5.74. The van der Waals surface area contributed by atoms with Gasteiger partial charge in [-0.25, -0.2) is 14.5 Å². The van der Waals surface area contributed by atoms with Gasteiger partial charge in [0.2, 0.25) is 0 Å². The molecule has 1 saturated carbocycles. The molecule has 1 aromatic carbocycles. The molecule has 2 aromatic heterocycles. The number of nitrogens with one attached hydrogen (secondary N) is 1. The van der Waals surface area contributed by atoms with Crippen molar-refractivity contribution in [3.63, 3.8) is 0 Å². The van der Waals surface area contributed by atoms with Gasteiger partial charge in [-0.15, -0.1) is 5.10 Å². The number of aryl methyl sites for hydroxylation is 2. The number of carboxylic acid groups (broad SMARTS) is 1. The van der Waals surface area contributed by atoms with Crippen molar-refractivity contribution in [2.45, 2.75) is 51.8 Å². The normalized spacial score (nSPS) is 17.4. The fourth-order valence-electron chi connectivity index (χ4n) is 4.42. The van der Waals surface area contributed by atoms with Crippen LogP contribution in [-0.4, -0.2) is 55.1 Å². The molecular formula is C26H32N6O4. The average molecular weight is 493 g/mol. The summed E-state index contributed by atoms with van der Waals surface area (Å²) in [7, 11) is 3.51. The molecule has 10 heteroatoms. The summed E-state index contributed by atoms with van der Waals surface area (Å²) in [5, 5.41) is 20.7. The van der Waals surface area contributed by atoms with E-state index in [0.717, 1.165) is 24.1 Å². The summed E-state index contributed by atoms with van der Waals surface area (Å²) < 4.78 is 7.77. The number of aromatic nitrogens is 4. The molecule has 1 fully saturated rings. The first-order chi connectivity index (χ1) is 17.3. The standard InChI is InChI=1S/C26H32N6O4/c1-17-23(36-20-11-7-10-19(14-20)25(33)34)13-12-21(28-17)24-22(32(3)30-29-24)16-31(2)26(35)27-15-18-8-5-4-6-9-18/h4-6,8-9,12-13,19-20H,7,10-11,14-16H2,1-3H3,(H,27,35)(H,33,34)/t19-,20-/m0/s1. The number of carbonyl (C=O) groups is 2. The molecule has 4 rings (SSSR count). The van der Waals surface area contributed by atoms with Gasteiger partial charge in [0.15, 0.2) is 0 Å². The monoisotopic (exact) mass is 492 g/mol. The molecule has 0 bridgehead atoms. The van der Waals surface area contributed by atoms with Crippen molar-refractivity contribution in [1.82, 2.24) is 30.2 Å². The molecule has 3 aromatic rings. The lowest BCUT2D eigenvalue weighted by Crippen LogP contribution is -2.36. The summed E-state index contributed by atoms with van der Waals surface area (Å²) >= 11 is 0. The van der Waals surface area contributed by atoms with E-state index in [1.54, 1.807) is 23.7 Å². The highest BCUT2D eigenvalue weighted by Crippen LogP contribution is 2.30. The Morgan fingerprint density at radius 2 is 1.97 bits per heavy atom. The Morgan fingerprint density at radius 1 is 1.19 bits per heavy atom. The van der Waals surface area contributed by atoms with Gasteiger partial charge in [-0.3, -0.25) is 4.79 Å². The first kappa shape index (κ1) is 25.2. The molecule has 1 aliphatic carbocycles. The number of aliphatic carboxylic acids is 1. The third-order valence-electron chi connectivity index (χ3n) is 6.51. The zero-order valence-corrected chi connectivity index (χ0v) is 20.8. The van der Waals surface area contributed by atoms with Crippen LogP contribution in [-0.2, 0) is 24.9 Å². The summed E-state index contributed by atoms with van der Waals surface area (Å²) in [5.74, 6) is -0.486. The number of carbonyl (C=O) groups excluding carboxylic acids is 1. The first-order valence-corrected chi connectivity index (χ1v) is 12.1. The van der Waals surface area contributed by atoms with Crippen molar-refractivity contribution in [3.05, 3.63) is 59.4 Å². The van der Waals surface area contributed by atoms with Crippen molar-refractivity contribution in [2.75, 3.05) is 7.05 Å². The van der Waals surface area contributed by atoms with E-state index in [0.29, 0.717) is 48.8 Å². The number of nitrogens with zero attached hydrogens (tertiary/aromatic N) is 5. The molecule has 2 heterocycles. The second-order valence-corrected chi connectivity index (χ2v) is 9.23.